The molecule has 0 spiro atoms. The molecule has 3 atom stereocenters. The highest BCUT2D eigenvalue weighted by atomic mass is 16.4. The Balaban J connectivity index is 2.74. The van der Waals surface area contributed by atoms with Crippen LogP contribution in [0.1, 0.15) is 26.7 Å². The smallest absolute Gasteiger partial charge is 0.308 e. The summed E-state index contributed by atoms with van der Waals surface area (Å²) in [5.74, 6) is -1.30. The molecule has 1 heterocycles. The molecule has 0 aromatic heterocycles. The summed E-state index contributed by atoms with van der Waals surface area (Å²) >= 11 is 0. The van der Waals surface area contributed by atoms with Crippen molar-refractivity contribution in [2.24, 2.45) is 11.2 Å². The number of carboxylic acid groups (broad SMARTS) is 1. The molecule has 1 aliphatic rings. The third-order valence-corrected chi connectivity index (χ3v) is 2.76. The van der Waals surface area contributed by atoms with Crippen molar-refractivity contribution in [2.45, 2.75) is 38.8 Å². The first-order chi connectivity index (χ1) is 6.07. The normalized spacial score (nSPS) is 34.3. The second kappa shape index (κ2) is 3.72. The minimum Gasteiger partial charge on any atom is -0.481 e. The van der Waals surface area contributed by atoms with E-state index in [9.17, 15) is 9.70 Å². The lowest BCUT2D eigenvalue weighted by molar-refractivity contribution is -0.146. The molecule has 1 aliphatic heterocycles. The van der Waals surface area contributed by atoms with Crippen LogP contribution in [0, 0.1) is 10.8 Å². The molecule has 5 heteroatoms. The summed E-state index contributed by atoms with van der Waals surface area (Å²) in [5.41, 5.74) is 0. The fourth-order valence-corrected chi connectivity index (χ4v) is 1.86. The van der Waals surface area contributed by atoms with Crippen LogP contribution in [0.25, 0.3) is 0 Å². The van der Waals surface area contributed by atoms with E-state index < -0.39 is 11.9 Å². The number of hydrogen-bond donors (Lipinski definition) is 1. The maximum absolute atomic E-state index is 10.8. The maximum atomic E-state index is 10.8. The highest BCUT2D eigenvalue weighted by molar-refractivity contribution is 5.71. The highest BCUT2D eigenvalue weighted by Crippen LogP contribution is 2.28. The third-order valence-electron chi connectivity index (χ3n) is 2.76. The third kappa shape index (κ3) is 1.79. The molecule has 0 aliphatic carbocycles. The van der Waals surface area contributed by atoms with Crippen molar-refractivity contribution in [3.8, 4) is 0 Å². The van der Waals surface area contributed by atoms with Crippen molar-refractivity contribution in [3.63, 3.8) is 0 Å². The lowest BCUT2D eigenvalue weighted by atomic mass is 9.88. The second-order valence-electron chi connectivity index (χ2n) is 3.57. The molecular weight excluding hydrogens is 172 g/mol. The zero-order chi connectivity index (χ0) is 10.0. The molecule has 3 unspecified atom stereocenters. The average molecular weight is 186 g/mol. The summed E-state index contributed by atoms with van der Waals surface area (Å²) in [4.78, 5) is 21.2. The average Bonchev–Trinajstić information content (AvgIpc) is 2.04. The largest absolute Gasteiger partial charge is 0.481 e. The number of piperidine rings is 1. The molecule has 0 radical (unpaired) electrons. The van der Waals surface area contributed by atoms with Crippen molar-refractivity contribution in [3.05, 3.63) is 4.91 Å². The molecule has 1 rings (SSSR count). The van der Waals surface area contributed by atoms with Crippen molar-refractivity contribution in [2.75, 3.05) is 0 Å². The Morgan fingerprint density at radius 1 is 1.46 bits per heavy atom. The topological polar surface area (TPSA) is 70.0 Å². The van der Waals surface area contributed by atoms with Crippen LogP contribution in [0.5, 0.6) is 0 Å². The van der Waals surface area contributed by atoms with Crippen molar-refractivity contribution >= 4 is 5.97 Å². The van der Waals surface area contributed by atoms with Crippen LogP contribution in [-0.2, 0) is 4.79 Å². The van der Waals surface area contributed by atoms with Crippen molar-refractivity contribution in [1.82, 2.24) is 5.01 Å². The minimum absolute atomic E-state index is 0.0584. The second-order valence-corrected chi connectivity index (χ2v) is 3.57. The van der Waals surface area contributed by atoms with E-state index in [0.717, 1.165) is 0 Å². The highest BCUT2D eigenvalue weighted by Gasteiger charge is 2.36. The van der Waals surface area contributed by atoms with Crippen LogP contribution in [0.4, 0.5) is 0 Å². The Hall–Kier alpha value is -1.13. The first-order valence-corrected chi connectivity index (χ1v) is 4.42. The van der Waals surface area contributed by atoms with Crippen LogP contribution in [0.15, 0.2) is 5.29 Å². The summed E-state index contributed by atoms with van der Waals surface area (Å²) in [6.45, 7) is 3.62. The lowest BCUT2D eigenvalue weighted by Crippen LogP contribution is -2.47. The fraction of sp³-hybridized carbons (Fsp3) is 0.875. The fourth-order valence-electron chi connectivity index (χ4n) is 1.86. The summed E-state index contributed by atoms with van der Waals surface area (Å²) < 4.78 is 0. The van der Waals surface area contributed by atoms with Gasteiger partial charge in [-0.1, -0.05) is 0 Å². The predicted molar refractivity (Wildman–Crippen MR) is 46.9 cm³/mol. The van der Waals surface area contributed by atoms with E-state index in [-0.39, 0.29) is 12.1 Å². The van der Waals surface area contributed by atoms with Crippen LogP contribution in [-0.4, -0.2) is 28.2 Å². The minimum atomic E-state index is -0.840. The number of hydrogen-bond acceptors (Lipinski definition) is 3. The molecule has 5 nitrogen and oxygen atoms in total. The Morgan fingerprint density at radius 2 is 2.08 bits per heavy atom. The summed E-state index contributed by atoms with van der Waals surface area (Å²) in [6.07, 6.45) is 1.34. The van der Waals surface area contributed by atoms with Gasteiger partial charge in [0.25, 0.3) is 0 Å². The van der Waals surface area contributed by atoms with Gasteiger partial charge in [0.15, 0.2) is 0 Å². The van der Waals surface area contributed by atoms with E-state index in [4.69, 9.17) is 5.11 Å². The van der Waals surface area contributed by atoms with E-state index in [1.54, 1.807) is 6.92 Å². The molecule has 1 fully saturated rings. The van der Waals surface area contributed by atoms with Gasteiger partial charge in [-0.2, -0.15) is 0 Å². The Labute approximate surface area is 76.7 Å². The number of rotatable bonds is 2. The van der Waals surface area contributed by atoms with Crippen LogP contribution >= 0.6 is 0 Å². The van der Waals surface area contributed by atoms with Gasteiger partial charge in [-0.3, -0.25) is 9.80 Å². The van der Waals surface area contributed by atoms with Gasteiger partial charge in [0.1, 0.15) is 0 Å². The standard InChI is InChI=1S/C8H14N2O3/c1-5-3-4-7(8(11)12)6(2)10(5)9-13/h5-7H,3-4H2,1-2H3,(H,11,12). The van der Waals surface area contributed by atoms with Gasteiger partial charge in [0.05, 0.1) is 17.2 Å². The molecule has 0 aromatic carbocycles. The number of nitrogens with zero attached hydrogens (tertiary/aromatic N) is 2. The van der Waals surface area contributed by atoms with Gasteiger partial charge in [0.2, 0.25) is 0 Å². The van der Waals surface area contributed by atoms with Gasteiger partial charge in [0, 0.05) is 6.04 Å². The Morgan fingerprint density at radius 3 is 2.54 bits per heavy atom. The molecule has 0 aromatic rings. The summed E-state index contributed by atoms with van der Waals surface area (Å²) in [7, 11) is 0. The molecule has 13 heavy (non-hydrogen) atoms. The van der Waals surface area contributed by atoms with E-state index >= 15 is 0 Å². The molecule has 0 saturated carbocycles. The van der Waals surface area contributed by atoms with Gasteiger partial charge >= 0.3 is 5.97 Å². The van der Waals surface area contributed by atoms with Crippen LogP contribution in [0.2, 0.25) is 0 Å². The van der Waals surface area contributed by atoms with Crippen molar-refractivity contribution in [1.29, 1.82) is 0 Å². The Bertz CT molecular complexity index is 217. The predicted octanol–water partition coefficient (Wildman–Crippen LogP) is 1.24. The quantitative estimate of drug-likeness (QED) is 0.659. The van der Waals surface area contributed by atoms with Gasteiger partial charge in [-0.15, -0.1) is 4.91 Å². The van der Waals surface area contributed by atoms with Crippen LogP contribution in [0.3, 0.4) is 0 Å². The van der Waals surface area contributed by atoms with E-state index in [2.05, 4.69) is 5.29 Å². The monoisotopic (exact) mass is 186 g/mol. The Kier molecular flexibility index (Phi) is 2.85. The van der Waals surface area contributed by atoms with E-state index in [0.29, 0.717) is 12.8 Å². The molecular formula is C8H14N2O3. The molecule has 74 valence electrons. The molecule has 1 N–H and O–H groups in total. The zero-order valence-electron chi connectivity index (χ0n) is 7.80. The van der Waals surface area contributed by atoms with Gasteiger partial charge < -0.3 is 5.11 Å². The summed E-state index contributed by atoms with van der Waals surface area (Å²) in [6, 6.07) is -0.234. The number of carbonyl (C=O) groups is 1. The molecule has 1 saturated heterocycles. The van der Waals surface area contributed by atoms with Crippen LogP contribution < -0.4 is 0 Å². The summed E-state index contributed by atoms with van der Waals surface area (Å²) in [5, 5.41) is 13.0. The molecule has 0 bridgehead atoms. The SMILES string of the molecule is CC1CCC(C(=O)O)C(C)N1N=O. The molecule has 0 amide bonds. The number of carboxylic acids is 1. The first-order valence-electron chi connectivity index (χ1n) is 4.42. The van der Waals surface area contributed by atoms with E-state index in [1.165, 1.54) is 5.01 Å². The first kappa shape index (κ1) is 9.95. The maximum Gasteiger partial charge on any atom is 0.308 e. The van der Waals surface area contributed by atoms with Gasteiger partial charge in [-0.05, 0) is 26.7 Å². The van der Waals surface area contributed by atoms with E-state index in [1.807, 2.05) is 6.92 Å². The zero-order valence-corrected chi connectivity index (χ0v) is 7.80. The number of nitroso groups, excluding NO2 is 1. The number of aliphatic carboxylic acids is 1. The lowest BCUT2D eigenvalue weighted by Gasteiger charge is -2.37. The van der Waals surface area contributed by atoms with Gasteiger partial charge in [-0.25, -0.2) is 0 Å². The van der Waals surface area contributed by atoms with Crippen molar-refractivity contribution < 1.29 is 9.90 Å².